The van der Waals surface area contributed by atoms with Gasteiger partial charge in [0, 0.05) is 44.9 Å². The maximum Gasteiger partial charge on any atom is 0.0480 e. The first kappa shape index (κ1) is 14.3. The van der Waals surface area contributed by atoms with Crippen molar-refractivity contribution in [2.75, 3.05) is 46.4 Å². The quantitative estimate of drug-likeness (QED) is 0.766. The summed E-state index contributed by atoms with van der Waals surface area (Å²) in [7, 11) is 1.77. The second-order valence-corrected chi connectivity index (χ2v) is 6.08. The number of nitrogens with two attached hydrogens (primary N) is 1. The SMILES string of the molecule is COCCC(C)(CN)N1CCC(N2CCCC2)C1. The van der Waals surface area contributed by atoms with Gasteiger partial charge in [0.05, 0.1) is 0 Å². The third kappa shape index (κ3) is 3.05. The van der Waals surface area contributed by atoms with Crippen molar-refractivity contribution in [2.24, 2.45) is 5.73 Å². The molecular weight excluding hydrogens is 226 g/mol. The smallest absolute Gasteiger partial charge is 0.0480 e. The van der Waals surface area contributed by atoms with Crippen LogP contribution in [0.2, 0.25) is 0 Å². The summed E-state index contributed by atoms with van der Waals surface area (Å²) in [6.07, 6.45) is 5.11. The number of hydrogen-bond donors (Lipinski definition) is 1. The molecule has 0 aromatic rings. The number of ether oxygens (including phenoxy) is 1. The first-order valence-corrected chi connectivity index (χ1v) is 7.38. The van der Waals surface area contributed by atoms with Gasteiger partial charge in [-0.2, -0.15) is 0 Å². The predicted octanol–water partition coefficient (Wildman–Crippen LogP) is 0.910. The molecule has 2 fully saturated rings. The number of nitrogens with zero attached hydrogens (tertiary/aromatic N) is 2. The van der Waals surface area contributed by atoms with Gasteiger partial charge >= 0.3 is 0 Å². The number of likely N-dealkylation sites (tertiary alicyclic amines) is 2. The lowest BCUT2D eigenvalue weighted by molar-refractivity contribution is 0.0809. The Morgan fingerprint density at radius 1 is 1.28 bits per heavy atom. The molecule has 4 nitrogen and oxygen atoms in total. The Morgan fingerprint density at radius 2 is 2.00 bits per heavy atom. The summed E-state index contributed by atoms with van der Waals surface area (Å²) in [4.78, 5) is 5.27. The van der Waals surface area contributed by atoms with Crippen LogP contribution in [0.5, 0.6) is 0 Å². The molecule has 2 heterocycles. The standard InChI is InChI=1S/C14H29N3O/c1-14(12-15,6-10-18-2)17-9-5-13(11-17)16-7-3-4-8-16/h13H,3-12,15H2,1-2H3. The zero-order valence-corrected chi connectivity index (χ0v) is 12.0. The van der Waals surface area contributed by atoms with Crippen LogP contribution in [-0.2, 0) is 4.74 Å². The highest BCUT2D eigenvalue weighted by Gasteiger charge is 2.37. The molecule has 0 aliphatic carbocycles. The Morgan fingerprint density at radius 3 is 2.61 bits per heavy atom. The van der Waals surface area contributed by atoms with E-state index in [1.807, 2.05) is 0 Å². The van der Waals surface area contributed by atoms with Gasteiger partial charge in [0.2, 0.25) is 0 Å². The van der Waals surface area contributed by atoms with Gasteiger partial charge in [-0.25, -0.2) is 0 Å². The van der Waals surface area contributed by atoms with Gasteiger partial charge in [-0.15, -0.1) is 0 Å². The second-order valence-electron chi connectivity index (χ2n) is 6.08. The minimum Gasteiger partial charge on any atom is -0.385 e. The highest BCUT2D eigenvalue weighted by atomic mass is 16.5. The van der Waals surface area contributed by atoms with Crippen molar-refractivity contribution < 1.29 is 4.74 Å². The molecule has 2 N–H and O–H groups in total. The van der Waals surface area contributed by atoms with Crippen molar-refractivity contribution in [2.45, 2.75) is 44.2 Å². The first-order chi connectivity index (χ1) is 8.69. The summed E-state index contributed by atoms with van der Waals surface area (Å²) in [6.45, 7) is 8.81. The fourth-order valence-corrected chi connectivity index (χ4v) is 3.35. The normalized spacial score (nSPS) is 29.8. The highest BCUT2D eigenvalue weighted by molar-refractivity contribution is 4.95. The molecule has 18 heavy (non-hydrogen) atoms. The van der Waals surface area contributed by atoms with Crippen LogP contribution < -0.4 is 5.73 Å². The van der Waals surface area contributed by atoms with Crippen molar-refractivity contribution in [1.29, 1.82) is 0 Å². The lowest BCUT2D eigenvalue weighted by Gasteiger charge is -2.38. The van der Waals surface area contributed by atoms with Crippen molar-refractivity contribution in [3.63, 3.8) is 0 Å². The van der Waals surface area contributed by atoms with E-state index in [0.29, 0.717) is 0 Å². The second kappa shape index (κ2) is 6.33. The van der Waals surface area contributed by atoms with Gasteiger partial charge in [-0.1, -0.05) is 0 Å². The summed E-state index contributed by atoms with van der Waals surface area (Å²) < 4.78 is 5.23. The topological polar surface area (TPSA) is 41.7 Å². The largest absolute Gasteiger partial charge is 0.385 e. The molecule has 2 atom stereocenters. The maximum atomic E-state index is 6.02. The van der Waals surface area contributed by atoms with Crippen LogP contribution in [0.4, 0.5) is 0 Å². The molecule has 2 aliphatic rings. The number of hydrogen-bond acceptors (Lipinski definition) is 4. The van der Waals surface area contributed by atoms with E-state index in [4.69, 9.17) is 10.5 Å². The van der Waals surface area contributed by atoms with E-state index in [1.54, 1.807) is 7.11 Å². The molecule has 0 aromatic carbocycles. The molecule has 2 aliphatic heterocycles. The molecular formula is C14H29N3O. The molecule has 2 rings (SSSR count). The van der Waals surface area contributed by atoms with E-state index >= 15 is 0 Å². The summed E-state index contributed by atoms with van der Waals surface area (Å²) in [5.74, 6) is 0. The summed E-state index contributed by atoms with van der Waals surface area (Å²) in [5, 5.41) is 0. The van der Waals surface area contributed by atoms with Crippen LogP contribution in [0.15, 0.2) is 0 Å². The molecule has 0 bridgehead atoms. The van der Waals surface area contributed by atoms with Crippen LogP contribution in [0, 0.1) is 0 Å². The van der Waals surface area contributed by atoms with Crippen molar-refractivity contribution in [1.82, 2.24) is 9.80 Å². The Labute approximate surface area is 111 Å². The predicted molar refractivity (Wildman–Crippen MR) is 74.7 cm³/mol. The van der Waals surface area contributed by atoms with Gasteiger partial charge < -0.3 is 10.5 Å². The Kier molecular flexibility index (Phi) is 5.01. The fourth-order valence-electron chi connectivity index (χ4n) is 3.35. The van der Waals surface area contributed by atoms with E-state index in [9.17, 15) is 0 Å². The number of methoxy groups -OCH3 is 1. The fraction of sp³-hybridized carbons (Fsp3) is 1.00. The zero-order valence-electron chi connectivity index (χ0n) is 12.0. The van der Waals surface area contributed by atoms with Crippen molar-refractivity contribution in [3.8, 4) is 0 Å². The minimum atomic E-state index is 0.116. The molecule has 0 aromatic heterocycles. The summed E-state index contributed by atoms with van der Waals surface area (Å²) in [5.41, 5.74) is 6.13. The Balaban J connectivity index is 1.89. The van der Waals surface area contributed by atoms with E-state index in [-0.39, 0.29) is 5.54 Å². The van der Waals surface area contributed by atoms with Crippen molar-refractivity contribution in [3.05, 3.63) is 0 Å². The molecule has 0 saturated carbocycles. The van der Waals surface area contributed by atoms with Gasteiger partial charge in [0.1, 0.15) is 0 Å². The van der Waals surface area contributed by atoms with Crippen LogP contribution in [0.25, 0.3) is 0 Å². The van der Waals surface area contributed by atoms with Gasteiger partial charge in [0.25, 0.3) is 0 Å². The van der Waals surface area contributed by atoms with Crippen molar-refractivity contribution >= 4 is 0 Å². The highest BCUT2D eigenvalue weighted by Crippen LogP contribution is 2.27. The summed E-state index contributed by atoms with van der Waals surface area (Å²) >= 11 is 0. The van der Waals surface area contributed by atoms with Crippen LogP contribution in [0.3, 0.4) is 0 Å². The van der Waals surface area contributed by atoms with Crippen LogP contribution in [-0.4, -0.2) is 67.8 Å². The van der Waals surface area contributed by atoms with E-state index in [0.717, 1.165) is 25.6 Å². The average molecular weight is 255 g/mol. The molecule has 106 valence electrons. The summed E-state index contributed by atoms with van der Waals surface area (Å²) in [6, 6.07) is 0.765. The average Bonchev–Trinajstić information content (AvgIpc) is 3.05. The molecule has 2 unspecified atom stereocenters. The van der Waals surface area contributed by atoms with Gasteiger partial charge in [-0.05, 0) is 45.7 Å². The number of rotatable bonds is 6. The third-order valence-electron chi connectivity index (χ3n) is 4.87. The van der Waals surface area contributed by atoms with E-state index < -0.39 is 0 Å². The molecule has 0 spiro atoms. The van der Waals surface area contributed by atoms with Crippen LogP contribution in [0.1, 0.15) is 32.6 Å². The van der Waals surface area contributed by atoms with Crippen LogP contribution >= 0.6 is 0 Å². The lowest BCUT2D eigenvalue weighted by Crippen LogP contribution is -2.52. The monoisotopic (exact) mass is 255 g/mol. The van der Waals surface area contributed by atoms with E-state index in [2.05, 4.69) is 16.7 Å². The Bertz CT molecular complexity index is 255. The molecule has 2 saturated heterocycles. The lowest BCUT2D eigenvalue weighted by atomic mass is 9.96. The molecule has 4 heteroatoms. The molecule has 0 radical (unpaired) electrons. The zero-order chi connectivity index (χ0) is 13.0. The maximum absolute atomic E-state index is 6.02. The van der Waals surface area contributed by atoms with E-state index in [1.165, 1.54) is 45.4 Å². The first-order valence-electron chi connectivity index (χ1n) is 7.38. The Hall–Kier alpha value is -0.160. The third-order valence-corrected chi connectivity index (χ3v) is 4.87. The minimum absolute atomic E-state index is 0.116. The van der Waals surface area contributed by atoms with Gasteiger partial charge in [0.15, 0.2) is 0 Å². The van der Waals surface area contributed by atoms with Gasteiger partial charge in [-0.3, -0.25) is 9.80 Å². The molecule has 0 amide bonds.